The molecule has 0 unspecified atom stereocenters. The van der Waals surface area contributed by atoms with Gasteiger partial charge in [0.25, 0.3) is 0 Å². The van der Waals surface area contributed by atoms with Crippen LogP contribution in [0.5, 0.6) is 0 Å². The fourth-order valence-corrected chi connectivity index (χ4v) is 3.53. The molecule has 150 valence electrons. The summed E-state index contributed by atoms with van der Waals surface area (Å²) in [7, 11) is 0. The number of nitrogen functional groups attached to an aromatic ring is 4. The van der Waals surface area contributed by atoms with Gasteiger partial charge in [-0.15, -0.1) is 0 Å². The number of nitrogens with two attached hydrogens (primary N) is 4. The van der Waals surface area contributed by atoms with Gasteiger partial charge in [-0.3, -0.25) is 0 Å². The first-order chi connectivity index (χ1) is 12.8. The number of hydrogen-bond acceptors (Lipinski definition) is 4. The first-order valence-corrected chi connectivity index (χ1v) is 10.1. The van der Waals surface area contributed by atoms with Crippen molar-refractivity contribution in [2.24, 2.45) is 0 Å². The molecule has 0 aliphatic rings. The molecule has 2 aromatic carbocycles. The van der Waals surface area contributed by atoms with Gasteiger partial charge in [0, 0.05) is 22.7 Å². The van der Waals surface area contributed by atoms with Crippen LogP contribution in [0.2, 0.25) is 0 Å². The number of aryl methyl sites for hydroxylation is 4. The molecule has 0 radical (unpaired) electrons. The van der Waals surface area contributed by atoms with Crippen LogP contribution >= 0.6 is 0 Å². The smallest absolute Gasteiger partial charge is 0.0399 e. The van der Waals surface area contributed by atoms with Crippen molar-refractivity contribution in [1.82, 2.24) is 0 Å². The molecule has 0 bridgehead atoms. The second-order valence-electron chi connectivity index (χ2n) is 6.93. The monoisotopic (exact) mass is 370 g/mol. The van der Waals surface area contributed by atoms with Crippen molar-refractivity contribution in [3.8, 4) is 0 Å². The van der Waals surface area contributed by atoms with E-state index in [2.05, 4.69) is 46.8 Å². The van der Waals surface area contributed by atoms with Gasteiger partial charge >= 0.3 is 0 Å². The lowest BCUT2D eigenvalue weighted by Crippen LogP contribution is -2.06. The van der Waals surface area contributed by atoms with E-state index < -0.39 is 0 Å². The molecule has 0 aliphatic carbocycles. The summed E-state index contributed by atoms with van der Waals surface area (Å²) >= 11 is 0. The standard InChI is InChI=1S/C12H20N2.C11H18N2/c1-4-8-7-9(5-2)12(14)10(6-3)11(8)13;1-4-8-6-7(3)10(12)9(5-2)11(8)13/h7H,4-6,13-14H2,1-3H3;6H,4-5,12-13H2,1-3H3. The van der Waals surface area contributed by atoms with Crippen LogP contribution in [0.25, 0.3) is 0 Å². The largest absolute Gasteiger partial charge is 0.398 e. The van der Waals surface area contributed by atoms with Crippen LogP contribution < -0.4 is 22.9 Å². The van der Waals surface area contributed by atoms with Crippen LogP contribution in [0, 0.1) is 6.92 Å². The van der Waals surface area contributed by atoms with E-state index in [1.807, 2.05) is 6.92 Å². The Morgan fingerprint density at radius 2 is 0.852 bits per heavy atom. The molecule has 0 atom stereocenters. The summed E-state index contributed by atoms with van der Waals surface area (Å²) in [5, 5.41) is 0. The van der Waals surface area contributed by atoms with Crippen LogP contribution in [0.15, 0.2) is 12.1 Å². The highest BCUT2D eigenvalue weighted by atomic mass is 14.6. The fourth-order valence-electron chi connectivity index (χ4n) is 3.53. The SMILES string of the molecule is CCc1cc(C)c(N)c(CC)c1N.CCc1cc(CC)c(N)c(CC)c1N. The lowest BCUT2D eigenvalue weighted by molar-refractivity contribution is 1.05. The maximum absolute atomic E-state index is 6.05. The fraction of sp³-hybridized carbons (Fsp3) is 0.478. The van der Waals surface area contributed by atoms with E-state index in [-0.39, 0.29) is 0 Å². The Bertz CT molecular complexity index is 751. The van der Waals surface area contributed by atoms with Gasteiger partial charge in [-0.25, -0.2) is 0 Å². The molecule has 4 nitrogen and oxygen atoms in total. The summed E-state index contributed by atoms with van der Waals surface area (Å²) in [6.07, 6.45) is 4.75. The van der Waals surface area contributed by atoms with Crippen molar-refractivity contribution < 1.29 is 0 Å². The highest BCUT2D eigenvalue weighted by Crippen LogP contribution is 2.29. The molecular weight excluding hydrogens is 332 g/mol. The molecule has 2 rings (SSSR count). The number of benzene rings is 2. The third-order valence-corrected chi connectivity index (χ3v) is 5.35. The highest BCUT2D eigenvalue weighted by Gasteiger charge is 2.10. The zero-order chi connectivity index (χ0) is 20.7. The second-order valence-corrected chi connectivity index (χ2v) is 6.93. The zero-order valence-electron chi connectivity index (χ0n) is 18.0. The van der Waals surface area contributed by atoms with E-state index in [9.17, 15) is 0 Å². The molecule has 0 saturated carbocycles. The maximum atomic E-state index is 6.05. The van der Waals surface area contributed by atoms with Crippen molar-refractivity contribution in [3.63, 3.8) is 0 Å². The maximum Gasteiger partial charge on any atom is 0.0399 e. The van der Waals surface area contributed by atoms with Crippen molar-refractivity contribution >= 4 is 22.7 Å². The van der Waals surface area contributed by atoms with Crippen LogP contribution in [-0.2, 0) is 32.1 Å². The number of rotatable bonds is 5. The second kappa shape index (κ2) is 10.1. The lowest BCUT2D eigenvalue weighted by Gasteiger charge is -2.15. The molecule has 0 aliphatic heterocycles. The third-order valence-electron chi connectivity index (χ3n) is 5.35. The van der Waals surface area contributed by atoms with E-state index >= 15 is 0 Å². The van der Waals surface area contributed by atoms with E-state index in [1.54, 1.807) is 0 Å². The first kappa shape index (κ1) is 22.7. The number of anilines is 4. The minimum atomic E-state index is 0.859. The summed E-state index contributed by atoms with van der Waals surface area (Å²) in [4.78, 5) is 0. The molecule has 0 spiro atoms. The van der Waals surface area contributed by atoms with Crippen molar-refractivity contribution in [1.29, 1.82) is 0 Å². The molecule has 0 saturated heterocycles. The van der Waals surface area contributed by atoms with Gasteiger partial charge in [0.1, 0.15) is 0 Å². The van der Waals surface area contributed by atoms with E-state index in [4.69, 9.17) is 22.9 Å². The molecule has 0 heterocycles. The molecule has 8 N–H and O–H groups in total. The highest BCUT2D eigenvalue weighted by molar-refractivity contribution is 5.69. The summed E-state index contributed by atoms with van der Waals surface area (Å²) < 4.78 is 0. The minimum absolute atomic E-state index is 0.859. The normalized spacial score (nSPS) is 10.4. The van der Waals surface area contributed by atoms with Crippen LogP contribution in [-0.4, -0.2) is 0 Å². The van der Waals surface area contributed by atoms with E-state index in [0.29, 0.717) is 0 Å². The summed E-state index contributed by atoms with van der Waals surface area (Å²) in [6, 6.07) is 4.23. The van der Waals surface area contributed by atoms with Crippen LogP contribution in [0.4, 0.5) is 22.7 Å². The Morgan fingerprint density at radius 1 is 0.519 bits per heavy atom. The minimum Gasteiger partial charge on any atom is -0.398 e. The molecule has 0 fully saturated rings. The van der Waals surface area contributed by atoms with Crippen LogP contribution in [0.3, 0.4) is 0 Å². The molecule has 0 aromatic heterocycles. The molecule has 4 heteroatoms. The molecule has 0 amide bonds. The predicted molar refractivity (Wildman–Crippen MR) is 122 cm³/mol. The van der Waals surface area contributed by atoms with Gasteiger partial charge in [0.15, 0.2) is 0 Å². The Kier molecular flexibility index (Phi) is 8.48. The Balaban J connectivity index is 0.000000271. The summed E-state index contributed by atoms with van der Waals surface area (Å²) in [5.74, 6) is 0. The van der Waals surface area contributed by atoms with Gasteiger partial charge in [-0.05, 0) is 72.4 Å². The van der Waals surface area contributed by atoms with Gasteiger partial charge in [-0.1, -0.05) is 46.8 Å². The van der Waals surface area contributed by atoms with Crippen molar-refractivity contribution in [2.45, 2.75) is 73.6 Å². The predicted octanol–water partition coefficient (Wildman–Crippen LogP) is 4.82. The van der Waals surface area contributed by atoms with Crippen molar-refractivity contribution in [2.75, 3.05) is 22.9 Å². The van der Waals surface area contributed by atoms with E-state index in [1.165, 1.54) is 16.7 Å². The van der Waals surface area contributed by atoms with Gasteiger partial charge in [0.05, 0.1) is 0 Å². The third kappa shape index (κ3) is 4.88. The topological polar surface area (TPSA) is 104 Å². The average molecular weight is 371 g/mol. The summed E-state index contributed by atoms with van der Waals surface area (Å²) in [5.41, 5.74) is 34.6. The summed E-state index contributed by atoms with van der Waals surface area (Å²) in [6.45, 7) is 12.6. The first-order valence-electron chi connectivity index (χ1n) is 10.1. The van der Waals surface area contributed by atoms with Crippen molar-refractivity contribution in [3.05, 3.63) is 45.5 Å². The zero-order valence-corrected chi connectivity index (χ0v) is 18.0. The quantitative estimate of drug-likeness (QED) is 0.566. The molecule has 2 aromatic rings. The Labute approximate surface area is 165 Å². The average Bonchev–Trinajstić information content (AvgIpc) is 2.66. The molecule has 27 heavy (non-hydrogen) atoms. The lowest BCUT2D eigenvalue weighted by atomic mass is 9.96. The Hall–Kier alpha value is -2.36. The van der Waals surface area contributed by atoms with Gasteiger partial charge < -0.3 is 22.9 Å². The van der Waals surface area contributed by atoms with Gasteiger partial charge in [0.2, 0.25) is 0 Å². The van der Waals surface area contributed by atoms with E-state index in [0.717, 1.165) is 71.5 Å². The number of hydrogen-bond donors (Lipinski definition) is 4. The van der Waals surface area contributed by atoms with Crippen LogP contribution in [0.1, 0.15) is 68.0 Å². The Morgan fingerprint density at radius 3 is 1.19 bits per heavy atom. The van der Waals surface area contributed by atoms with Gasteiger partial charge in [-0.2, -0.15) is 0 Å². The molecular formula is C23H38N4.